The van der Waals surface area contributed by atoms with Gasteiger partial charge in [0.05, 0.1) is 18.8 Å². The minimum absolute atomic E-state index is 0.0303. The average molecular weight is 567 g/mol. The van der Waals surface area contributed by atoms with Crippen molar-refractivity contribution in [3.8, 4) is 22.6 Å². The molecule has 0 unspecified atom stereocenters. The van der Waals surface area contributed by atoms with Crippen molar-refractivity contribution in [2.24, 2.45) is 0 Å². The molecule has 0 saturated carbocycles. The first kappa shape index (κ1) is 27.6. The van der Waals surface area contributed by atoms with E-state index in [0.29, 0.717) is 13.0 Å². The van der Waals surface area contributed by atoms with Crippen LogP contribution in [0, 0.1) is 13.8 Å². The quantitative estimate of drug-likeness (QED) is 0.280. The molecule has 39 heavy (non-hydrogen) atoms. The van der Waals surface area contributed by atoms with E-state index < -0.39 is 15.8 Å². The molecule has 3 aromatic rings. The van der Waals surface area contributed by atoms with Gasteiger partial charge in [0.25, 0.3) is 0 Å². The SMILES string of the molecule is Cc1cc(OCCCS(C)(=O)=O)cc(C)c1-c1cccc2c1CC[C@@H]2Oc1ccc2c(c1)SC[C@H]2CC(=O)O. The highest BCUT2D eigenvalue weighted by Gasteiger charge is 2.29. The largest absolute Gasteiger partial charge is 0.494 e. The van der Waals surface area contributed by atoms with Gasteiger partial charge in [-0.05, 0) is 96.3 Å². The Labute approximate surface area is 234 Å². The van der Waals surface area contributed by atoms with E-state index >= 15 is 0 Å². The summed E-state index contributed by atoms with van der Waals surface area (Å²) in [6, 6.07) is 16.6. The highest BCUT2D eigenvalue weighted by atomic mass is 32.2. The molecule has 0 saturated heterocycles. The molecule has 1 N–H and O–H groups in total. The number of hydrogen-bond acceptors (Lipinski definition) is 6. The molecule has 0 spiro atoms. The van der Waals surface area contributed by atoms with Crippen LogP contribution in [0.25, 0.3) is 11.1 Å². The number of rotatable bonds is 10. The molecule has 206 valence electrons. The number of carbonyl (C=O) groups is 1. The number of aliphatic carboxylic acids is 1. The fourth-order valence-corrected chi connectivity index (χ4v) is 7.71. The van der Waals surface area contributed by atoms with Crippen molar-refractivity contribution in [1.29, 1.82) is 0 Å². The summed E-state index contributed by atoms with van der Waals surface area (Å²) in [6.45, 7) is 4.55. The summed E-state index contributed by atoms with van der Waals surface area (Å²) < 4.78 is 35.1. The van der Waals surface area contributed by atoms with Gasteiger partial charge in [-0.25, -0.2) is 8.42 Å². The molecule has 2 aliphatic rings. The van der Waals surface area contributed by atoms with Crippen LogP contribution in [-0.2, 0) is 21.1 Å². The van der Waals surface area contributed by atoms with Crippen LogP contribution in [0.15, 0.2) is 53.4 Å². The van der Waals surface area contributed by atoms with E-state index in [2.05, 4.69) is 38.1 Å². The number of hydrogen-bond donors (Lipinski definition) is 1. The Morgan fingerprint density at radius 2 is 1.82 bits per heavy atom. The Hall–Kier alpha value is -2.97. The van der Waals surface area contributed by atoms with Gasteiger partial charge in [0, 0.05) is 22.8 Å². The van der Waals surface area contributed by atoms with E-state index in [4.69, 9.17) is 9.47 Å². The molecule has 5 rings (SSSR count). The van der Waals surface area contributed by atoms with Gasteiger partial charge in [-0.1, -0.05) is 24.3 Å². The van der Waals surface area contributed by atoms with Crippen molar-refractivity contribution in [1.82, 2.24) is 0 Å². The summed E-state index contributed by atoms with van der Waals surface area (Å²) in [5, 5.41) is 9.20. The lowest BCUT2D eigenvalue weighted by molar-refractivity contribution is -0.137. The summed E-state index contributed by atoms with van der Waals surface area (Å²) in [6.07, 6.45) is 3.68. The summed E-state index contributed by atoms with van der Waals surface area (Å²) >= 11 is 1.71. The van der Waals surface area contributed by atoms with Crippen LogP contribution in [-0.4, -0.2) is 43.9 Å². The number of thioether (sulfide) groups is 1. The minimum Gasteiger partial charge on any atom is -0.494 e. The number of benzene rings is 3. The van der Waals surface area contributed by atoms with E-state index in [1.165, 1.54) is 28.5 Å². The number of aryl methyl sites for hydroxylation is 2. The molecule has 0 fully saturated rings. The monoisotopic (exact) mass is 566 g/mol. The molecule has 1 heterocycles. The minimum atomic E-state index is -2.99. The van der Waals surface area contributed by atoms with Crippen LogP contribution in [0.1, 0.15) is 59.1 Å². The fourth-order valence-electron chi connectivity index (χ4n) is 5.79. The Kier molecular flexibility index (Phi) is 7.96. The van der Waals surface area contributed by atoms with Crippen molar-refractivity contribution in [3.05, 3.63) is 76.3 Å². The van der Waals surface area contributed by atoms with Gasteiger partial charge < -0.3 is 14.6 Å². The first-order valence-electron chi connectivity index (χ1n) is 13.3. The van der Waals surface area contributed by atoms with Crippen molar-refractivity contribution >= 4 is 27.6 Å². The molecule has 3 aromatic carbocycles. The number of carboxylic acids is 1. The zero-order valence-electron chi connectivity index (χ0n) is 22.5. The lowest BCUT2D eigenvalue weighted by Gasteiger charge is -2.19. The smallest absolute Gasteiger partial charge is 0.303 e. The second-order valence-electron chi connectivity index (χ2n) is 10.6. The number of carboxylic acid groups (broad SMARTS) is 1. The predicted octanol–water partition coefficient (Wildman–Crippen LogP) is 6.51. The van der Waals surface area contributed by atoms with Crippen molar-refractivity contribution < 1.29 is 27.8 Å². The van der Waals surface area contributed by atoms with Gasteiger partial charge in [-0.15, -0.1) is 11.8 Å². The summed E-state index contributed by atoms with van der Waals surface area (Å²) in [7, 11) is -2.99. The van der Waals surface area contributed by atoms with Crippen molar-refractivity contribution in [2.45, 2.75) is 56.4 Å². The number of fused-ring (bicyclic) bond motifs is 2. The van der Waals surface area contributed by atoms with E-state index in [1.807, 2.05) is 24.3 Å². The highest BCUT2D eigenvalue weighted by molar-refractivity contribution is 7.99. The molecule has 8 heteroatoms. The zero-order valence-corrected chi connectivity index (χ0v) is 24.2. The van der Waals surface area contributed by atoms with Crippen molar-refractivity contribution in [3.63, 3.8) is 0 Å². The lowest BCUT2D eigenvalue weighted by atomic mass is 9.90. The molecular weight excluding hydrogens is 532 g/mol. The van der Waals surface area contributed by atoms with Crippen LogP contribution in [0.2, 0.25) is 0 Å². The molecule has 1 aliphatic heterocycles. The Bertz CT molecular complexity index is 1490. The Morgan fingerprint density at radius 1 is 1.05 bits per heavy atom. The molecular formula is C31H34O6S2. The molecule has 0 amide bonds. The van der Waals surface area contributed by atoms with Crippen molar-refractivity contribution in [2.75, 3.05) is 24.4 Å². The summed E-state index contributed by atoms with van der Waals surface area (Å²) in [5.41, 5.74) is 8.30. The summed E-state index contributed by atoms with van der Waals surface area (Å²) in [5.74, 6) is 1.80. The molecule has 1 aliphatic carbocycles. The maximum absolute atomic E-state index is 11.4. The van der Waals surface area contributed by atoms with Crippen LogP contribution in [0.3, 0.4) is 0 Å². The third kappa shape index (κ3) is 6.28. The van der Waals surface area contributed by atoms with Crippen LogP contribution < -0.4 is 9.47 Å². The number of sulfone groups is 1. The lowest BCUT2D eigenvalue weighted by Crippen LogP contribution is -2.08. The van der Waals surface area contributed by atoms with Gasteiger partial charge in [0.1, 0.15) is 27.4 Å². The first-order valence-corrected chi connectivity index (χ1v) is 16.3. The van der Waals surface area contributed by atoms with Gasteiger partial charge in [0.2, 0.25) is 0 Å². The Balaban J connectivity index is 1.33. The van der Waals surface area contributed by atoms with Gasteiger partial charge in [-0.3, -0.25) is 4.79 Å². The van der Waals surface area contributed by atoms with E-state index in [-0.39, 0.29) is 24.2 Å². The second-order valence-corrected chi connectivity index (χ2v) is 13.9. The van der Waals surface area contributed by atoms with E-state index in [1.54, 1.807) is 11.8 Å². The maximum atomic E-state index is 11.4. The third-order valence-corrected chi connectivity index (χ3v) is 9.75. The van der Waals surface area contributed by atoms with Gasteiger partial charge in [-0.2, -0.15) is 0 Å². The number of ether oxygens (including phenoxy) is 2. The van der Waals surface area contributed by atoms with Gasteiger partial charge >= 0.3 is 5.97 Å². The normalized spacial score (nSPS) is 18.0. The predicted molar refractivity (Wildman–Crippen MR) is 155 cm³/mol. The zero-order chi connectivity index (χ0) is 27.7. The van der Waals surface area contributed by atoms with Gasteiger partial charge in [0.15, 0.2) is 0 Å². The summed E-state index contributed by atoms with van der Waals surface area (Å²) in [4.78, 5) is 12.3. The van der Waals surface area contributed by atoms with Crippen LogP contribution >= 0.6 is 11.8 Å². The molecule has 0 bridgehead atoms. The maximum Gasteiger partial charge on any atom is 0.303 e. The van der Waals surface area contributed by atoms with E-state index in [9.17, 15) is 18.3 Å². The highest BCUT2D eigenvalue weighted by Crippen LogP contribution is 2.45. The fraction of sp³-hybridized carbons (Fsp3) is 0.387. The third-order valence-electron chi connectivity index (χ3n) is 7.48. The topological polar surface area (TPSA) is 89.9 Å². The average Bonchev–Trinajstić information content (AvgIpc) is 3.45. The van der Waals surface area contributed by atoms with Crippen LogP contribution in [0.5, 0.6) is 11.5 Å². The molecule has 0 aromatic heterocycles. The standard InChI is InChI=1S/C31H34O6S2/c1-19-14-23(36-12-5-13-39(3,34)35)15-20(2)31(19)27-7-4-6-26-25(27)10-11-28(26)37-22-8-9-24-21(16-30(32)33)18-38-29(24)17-22/h4,6-9,14-15,17,21,28H,5,10-13,16,18H2,1-3H3,(H,32,33)/t21-,28+/m1/s1. The molecule has 2 atom stereocenters. The molecule has 6 nitrogen and oxygen atoms in total. The molecule has 0 radical (unpaired) electrons. The Morgan fingerprint density at radius 3 is 2.54 bits per heavy atom. The first-order chi connectivity index (χ1) is 18.6. The van der Waals surface area contributed by atoms with E-state index in [0.717, 1.165) is 51.7 Å². The van der Waals surface area contributed by atoms with Crippen LogP contribution in [0.4, 0.5) is 0 Å². The second kappa shape index (κ2) is 11.3.